The van der Waals surface area contributed by atoms with E-state index in [1.54, 1.807) is 23.3 Å². The third kappa shape index (κ3) is 4.58. The van der Waals surface area contributed by atoms with Crippen LogP contribution in [0.2, 0.25) is 0 Å². The molecule has 0 spiro atoms. The Balaban J connectivity index is 1.38. The third-order valence-electron chi connectivity index (χ3n) is 6.50. The van der Waals surface area contributed by atoms with Crippen LogP contribution >= 0.6 is 0 Å². The van der Waals surface area contributed by atoms with Crippen molar-refractivity contribution in [3.05, 3.63) is 47.4 Å². The van der Waals surface area contributed by atoms with Gasteiger partial charge in [0.15, 0.2) is 11.6 Å². The molecule has 0 radical (unpaired) electrons. The quantitative estimate of drug-likeness (QED) is 0.621. The van der Waals surface area contributed by atoms with E-state index in [0.717, 1.165) is 25.1 Å². The van der Waals surface area contributed by atoms with Gasteiger partial charge in [-0.15, -0.1) is 0 Å². The Morgan fingerprint density at radius 1 is 1.18 bits per heavy atom. The number of benzene rings is 1. The van der Waals surface area contributed by atoms with E-state index in [2.05, 4.69) is 46.1 Å². The van der Waals surface area contributed by atoms with Crippen molar-refractivity contribution in [3.8, 4) is 22.9 Å². The molecule has 174 valence electrons. The van der Waals surface area contributed by atoms with Crippen LogP contribution in [0.3, 0.4) is 0 Å². The molecule has 1 fully saturated rings. The third-order valence-corrected chi connectivity index (χ3v) is 8.22. The molecule has 0 bridgehead atoms. The van der Waals surface area contributed by atoms with Crippen LogP contribution in [0.25, 0.3) is 11.3 Å². The number of nitrogens with two attached hydrogens (primary N) is 1. The highest BCUT2D eigenvalue weighted by Gasteiger charge is 2.25. The molecule has 0 saturated carbocycles. The number of aromatic nitrogens is 4. The fraction of sp³-hybridized carbons (Fsp3) is 0.435. The predicted molar refractivity (Wildman–Crippen MR) is 126 cm³/mol. The van der Waals surface area contributed by atoms with E-state index >= 15 is 0 Å². The summed E-state index contributed by atoms with van der Waals surface area (Å²) in [5.41, 5.74) is 11.7. The highest BCUT2D eigenvalue weighted by molar-refractivity contribution is 7.91. The number of nitrogen functional groups attached to an aromatic ring is 1. The van der Waals surface area contributed by atoms with Gasteiger partial charge in [-0.25, -0.2) is 18.4 Å². The lowest BCUT2D eigenvalue weighted by Crippen LogP contribution is -2.27. The molecule has 33 heavy (non-hydrogen) atoms. The van der Waals surface area contributed by atoms with Crippen LogP contribution in [-0.2, 0) is 22.8 Å². The summed E-state index contributed by atoms with van der Waals surface area (Å²) in [6, 6.07) is 4.36. The van der Waals surface area contributed by atoms with Crippen LogP contribution < -0.4 is 10.5 Å². The van der Waals surface area contributed by atoms with E-state index in [4.69, 9.17) is 10.5 Å². The van der Waals surface area contributed by atoms with Gasteiger partial charge in [0, 0.05) is 18.7 Å². The number of nitrogens with zero attached hydrogens (tertiary/aromatic N) is 5. The standard InChI is InChI=1S/C23H28N6O3S/c1-15-9-16(10-17-13-28(2)6-3-20(15)17)21-12-25-22(24)23(27-21)32-19-11-26-29(14-19)18-4-7-33(30,31)8-5-18/h9-12,14,18H,3-8,13H2,1-2H3,(H2,24,25). The van der Waals surface area contributed by atoms with Crippen LogP contribution in [0.15, 0.2) is 30.7 Å². The first-order valence-corrected chi connectivity index (χ1v) is 13.0. The molecular formula is C23H28N6O3S. The average Bonchev–Trinajstić information content (AvgIpc) is 3.23. The number of anilines is 1. The normalized spacial score (nSPS) is 18.7. The molecule has 2 aliphatic heterocycles. The fourth-order valence-corrected chi connectivity index (χ4v) is 6.10. The fourth-order valence-electron chi connectivity index (χ4n) is 4.63. The van der Waals surface area contributed by atoms with Crippen molar-refractivity contribution in [2.24, 2.45) is 0 Å². The zero-order valence-electron chi connectivity index (χ0n) is 18.9. The summed E-state index contributed by atoms with van der Waals surface area (Å²) in [6.07, 6.45) is 7.17. The highest BCUT2D eigenvalue weighted by Crippen LogP contribution is 2.32. The number of ether oxygens (including phenoxy) is 1. The van der Waals surface area contributed by atoms with E-state index in [0.29, 0.717) is 24.3 Å². The minimum atomic E-state index is -2.92. The summed E-state index contributed by atoms with van der Waals surface area (Å²) in [5.74, 6) is 1.29. The summed E-state index contributed by atoms with van der Waals surface area (Å²) in [7, 11) is -0.793. The van der Waals surface area contributed by atoms with Gasteiger partial charge in [0.25, 0.3) is 5.88 Å². The molecule has 5 rings (SSSR count). The molecule has 2 aromatic heterocycles. The second kappa shape index (κ2) is 8.42. The van der Waals surface area contributed by atoms with Gasteiger partial charge in [0.2, 0.25) is 0 Å². The number of rotatable bonds is 4. The molecule has 0 aliphatic carbocycles. The average molecular weight is 469 g/mol. The van der Waals surface area contributed by atoms with Gasteiger partial charge in [-0.05, 0) is 62.1 Å². The maximum Gasteiger partial charge on any atom is 0.263 e. The molecule has 0 atom stereocenters. The maximum atomic E-state index is 11.7. The molecule has 2 aliphatic rings. The van der Waals surface area contributed by atoms with E-state index in [-0.39, 0.29) is 29.2 Å². The minimum absolute atomic E-state index is 0.0391. The zero-order chi connectivity index (χ0) is 23.2. The molecule has 10 heteroatoms. The van der Waals surface area contributed by atoms with E-state index in [1.165, 1.54) is 16.7 Å². The van der Waals surface area contributed by atoms with Crippen LogP contribution in [0.1, 0.15) is 35.6 Å². The first-order valence-electron chi connectivity index (χ1n) is 11.1. The Bertz CT molecular complexity index is 1290. The number of hydrogen-bond acceptors (Lipinski definition) is 8. The smallest absolute Gasteiger partial charge is 0.263 e. The summed E-state index contributed by atoms with van der Waals surface area (Å²) < 4.78 is 31.1. The highest BCUT2D eigenvalue weighted by atomic mass is 32.2. The molecule has 1 aromatic carbocycles. The maximum absolute atomic E-state index is 11.7. The predicted octanol–water partition coefficient (Wildman–Crippen LogP) is 2.76. The van der Waals surface area contributed by atoms with Crippen molar-refractivity contribution in [3.63, 3.8) is 0 Å². The van der Waals surface area contributed by atoms with Crippen molar-refractivity contribution < 1.29 is 13.2 Å². The molecule has 3 aromatic rings. The van der Waals surface area contributed by atoms with Crippen molar-refractivity contribution >= 4 is 15.7 Å². The summed E-state index contributed by atoms with van der Waals surface area (Å²) in [6.45, 7) is 4.12. The Morgan fingerprint density at radius 3 is 2.76 bits per heavy atom. The number of aryl methyl sites for hydroxylation is 1. The van der Waals surface area contributed by atoms with Gasteiger partial charge in [0.1, 0.15) is 9.84 Å². The van der Waals surface area contributed by atoms with Gasteiger partial charge in [-0.3, -0.25) is 4.68 Å². The zero-order valence-corrected chi connectivity index (χ0v) is 19.7. The lowest BCUT2D eigenvalue weighted by molar-refractivity contribution is 0.312. The van der Waals surface area contributed by atoms with Crippen LogP contribution in [-0.4, -0.2) is 58.2 Å². The van der Waals surface area contributed by atoms with Crippen molar-refractivity contribution in [1.82, 2.24) is 24.6 Å². The van der Waals surface area contributed by atoms with E-state index in [1.807, 2.05) is 0 Å². The topological polar surface area (TPSA) is 116 Å². The van der Waals surface area contributed by atoms with Gasteiger partial charge < -0.3 is 15.4 Å². The molecule has 2 N–H and O–H groups in total. The van der Waals surface area contributed by atoms with Crippen molar-refractivity contribution in [1.29, 1.82) is 0 Å². The Hall–Kier alpha value is -2.98. The van der Waals surface area contributed by atoms with Gasteiger partial charge in [0.05, 0.1) is 41.8 Å². The van der Waals surface area contributed by atoms with Gasteiger partial charge in [-0.2, -0.15) is 5.10 Å². The second-order valence-corrected chi connectivity index (χ2v) is 11.3. The van der Waals surface area contributed by atoms with Gasteiger partial charge in [-0.1, -0.05) is 0 Å². The van der Waals surface area contributed by atoms with Crippen LogP contribution in [0, 0.1) is 6.92 Å². The number of sulfone groups is 1. The summed E-state index contributed by atoms with van der Waals surface area (Å²) in [5, 5.41) is 4.36. The molecule has 9 nitrogen and oxygen atoms in total. The summed E-state index contributed by atoms with van der Waals surface area (Å²) in [4.78, 5) is 11.3. The Morgan fingerprint density at radius 2 is 1.97 bits per heavy atom. The van der Waals surface area contributed by atoms with Crippen molar-refractivity contribution in [2.75, 3.05) is 30.8 Å². The van der Waals surface area contributed by atoms with Crippen molar-refractivity contribution in [2.45, 2.75) is 38.8 Å². The lowest BCUT2D eigenvalue weighted by Gasteiger charge is -2.27. The molecular weight excluding hydrogens is 440 g/mol. The molecule has 0 amide bonds. The summed E-state index contributed by atoms with van der Waals surface area (Å²) >= 11 is 0. The minimum Gasteiger partial charge on any atom is -0.433 e. The molecule has 0 unspecified atom stereocenters. The Labute approximate surface area is 193 Å². The SMILES string of the molecule is Cc1cc(-c2cnc(N)c(Oc3cnn(C4CCS(=O)(=O)CC4)c3)n2)cc2c1CCN(C)C2. The number of likely N-dealkylation sites (N-methyl/N-ethyl adjacent to an activating group) is 1. The largest absolute Gasteiger partial charge is 0.433 e. The van der Waals surface area contributed by atoms with Gasteiger partial charge >= 0.3 is 0 Å². The molecule has 1 saturated heterocycles. The lowest BCUT2D eigenvalue weighted by atomic mass is 9.92. The first-order chi connectivity index (χ1) is 15.8. The first kappa shape index (κ1) is 21.8. The Kier molecular flexibility index (Phi) is 5.57. The van der Waals surface area contributed by atoms with Crippen LogP contribution in [0.5, 0.6) is 11.6 Å². The van der Waals surface area contributed by atoms with E-state index < -0.39 is 9.84 Å². The number of fused-ring (bicyclic) bond motifs is 1. The van der Waals surface area contributed by atoms with E-state index in [9.17, 15) is 8.42 Å². The molecule has 4 heterocycles. The monoisotopic (exact) mass is 468 g/mol. The van der Waals surface area contributed by atoms with Crippen LogP contribution in [0.4, 0.5) is 5.82 Å². The second-order valence-electron chi connectivity index (χ2n) is 9.01. The number of hydrogen-bond donors (Lipinski definition) is 1.